The standard InChI is InChI=1S/C34H34ClFN4O2/c35-25-11-13-30(37)28(19-25)24-10-15-33(40(42)21-24)27-8-1-2-9-32(34(41)39-16-3-4-17-39)38-31-14-12-26(36)20-29(31)23-7-5-6-22(27)18-23/h5-7,10-15,18-21,27,32,38H,1-4,8-9,16-17,37H2. The van der Waals surface area contributed by atoms with Crippen molar-refractivity contribution >= 4 is 28.9 Å². The molecule has 0 aliphatic carbocycles. The van der Waals surface area contributed by atoms with Crippen molar-refractivity contribution in [3.63, 3.8) is 0 Å². The number of carbonyl (C=O) groups is 1. The molecule has 8 heteroatoms. The molecule has 2 atom stereocenters. The number of pyridine rings is 1. The van der Waals surface area contributed by atoms with Gasteiger partial charge in [0, 0.05) is 52.2 Å². The van der Waals surface area contributed by atoms with Crippen molar-refractivity contribution in [1.29, 1.82) is 0 Å². The van der Waals surface area contributed by atoms with E-state index in [4.69, 9.17) is 17.3 Å². The number of nitrogens with zero attached hydrogens (tertiary/aromatic N) is 2. The number of anilines is 2. The van der Waals surface area contributed by atoms with Crippen LogP contribution in [0.25, 0.3) is 22.3 Å². The van der Waals surface area contributed by atoms with Crippen molar-refractivity contribution < 1.29 is 13.9 Å². The summed E-state index contributed by atoms with van der Waals surface area (Å²) in [7, 11) is 0. The average molecular weight is 585 g/mol. The minimum absolute atomic E-state index is 0.0958. The van der Waals surface area contributed by atoms with Gasteiger partial charge in [-0.3, -0.25) is 4.79 Å². The topological polar surface area (TPSA) is 85.3 Å². The third-order valence-electron chi connectivity index (χ3n) is 8.49. The predicted molar refractivity (Wildman–Crippen MR) is 166 cm³/mol. The van der Waals surface area contributed by atoms with E-state index in [1.54, 1.807) is 30.5 Å². The molecule has 0 radical (unpaired) electrons. The highest BCUT2D eigenvalue weighted by Gasteiger charge is 2.29. The van der Waals surface area contributed by atoms with Crippen molar-refractivity contribution in [2.45, 2.75) is 50.5 Å². The normalized spacial score (nSPS) is 18.9. The van der Waals surface area contributed by atoms with E-state index in [1.807, 2.05) is 41.3 Å². The molecular weight excluding hydrogens is 551 g/mol. The Morgan fingerprint density at radius 2 is 1.74 bits per heavy atom. The molecule has 4 aromatic rings. The van der Waals surface area contributed by atoms with Crippen LogP contribution in [0, 0.1) is 11.0 Å². The van der Waals surface area contributed by atoms with Crippen LogP contribution in [0.5, 0.6) is 0 Å². The fourth-order valence-electron chi connectivity index (χ4n) is 6.29. The van der Waals surface area contributed by atoms with Gasteiger partial charge in [0.15, 0.2) is 11.9 Å². The summed E-state index contributed by atoms with van der Waals surface area (Å²) in [4.78, 5) is 15.5. The van der Waals surface area contributed by atoms with Crippen molar-refractivity contribution in [3.05, 3.63) is 106 Å². The summed E-state index contributed by atoms with van der Waals surface area (Å²) < 4.78 is 15.5. The van der Waals surface area contributed by atoms with Gasteiger partial charge in [0.25, 0.3) is 0 Å². The lowest BCUT2D eigenvalue weighted by Crippen LogP contribution is -2.41. The van der Waals surface area contributed by atoms with Gasteiger partial charge in [0.2, 0.25) is 5.91 Å². The first-order chi connectivity index (χ1) is 20.4. The lowest BCUT2D eigenvalue weighted by Gasteiger charge is -2.27. The van der Waals surface area contributed by atoms with Crippen molar-refractivity contribution in [1.82, 2.24) is 4.90 Å². The SMILES string of the molecule is Nc1ccc(Cl)cc1-c1ccc(C2CCCCC(C(=O)N3CCCC3)Nc3ccc(F)cc3-c3cccc2c3)[n+]([O-])c1. The molecule has 0 spiro atoms. The van der Waals surface area contributed by atoms with Crippen LogP contribution in [0.15, 0.2) is 79.0 Å². The zero-order valence-corrected chi connectivity index (χ0v) is 24.1. The van der Waals surface area contributed by atoms with Crippen LogP contribution in [0.1, 0.15) is 55.7 Å². The van der Waals surface area contributed by atoms with E-state index >= 15 is 0 Å². The molecule has 3 heterocycles. The van der Waals surface area contributed by atoms with Gasteiger partial charge >= 0.3 is 0 Å². The van der Waals surface area contributed by atoms with Crippen LogP contribution in [0.3, 0.4) is 0 Å². The molecule has 6 rings (SSSR count). The monoisotopic (exact) mass is 584 g/mol. The number of carbonyl (C=O) groups excluding carboxylic acids is 1. The van der Waals surface area contributed by atoms with Crippen molar-refractivity contribution in [2.24, 2.45) is 0 Å². The smallest absolute Gasteiger partial charge is 0.245 e. The Kier molecular flexibility index (Phi) is 8.02. The maximum Gasteiger partial charge on any atom is 0.245 e. The Morgan fingerprint density at radius 1 is 0.929 bits per heavy atom. The summed E-state index contributed by atoms with van der Waals surface area (Å²) in [5.41, 5.74) is 12.0. The van der Waals surface area contributed by atoms with E-state index in [-0.39, 0.29) is 17.6 Å². The zero-order valence-electron chi connectivity index (χ0n) is 23.4. The molecule has 1 saturated heterocycles. The van der Waals surface area contributed by atoms with E-state index in [2.05, 4.69) is 5.32 Å². The third-order valence-corrected chi connectivity index (χ3v) is 8.73. The number of nitrogen functional groups attached to an aromatic ring is 1. The summed E-state index contributed by atoms with van der Waals surface area (Å²) in [5.74, 6) is -0.441. The van der Waals surface area contributed by atoms with Gasteiger partial charge < -0.3 is 21.2 Å². The number of hydrogen-bond acceptors (Lipinski definition) is 4. The number of nitrogens with two attached hydrogens (primary N) is 1. The number of benzene rings is 3. The number of fused-ring (bicyclic) bond motifs is 4. The van der Waals surface area contributed by atoms with Gasteiger partial charge in [-0.2, -0.15) is 4.73 Å². The first-order valence-electron chi connectivity index (χ1n) is 14.6. The summed E-state index contributed by atoms with van der Waals surface area (Å²) in [6.45, 7) is 1.55. The van der Waals surface area contributed by atoms with E-state index in [0.717, 1.165) is 66.7 Å². The van der Waals surface area contributed by atoms with Crippen LogP contribution in [-0.4, -0.2) is 29.9 Å². The second-order valence-corrected chi connectivity index (χ2v) is 11.7. The number of likely N-dealkylation sites (tertiary alicyclic amines) is 1. The molecule has 2 aliphatic heterocycles. The van der Waals surface area contributed by atoms with Gasteiger partial charge in [-0.1, -0.05) is 48.7 Å². The maximum absolute atomic E-state index is 14.6. The van der Waals surface area contributed by atoms with Gasteiger partial charge in [0.05, 0.1) is 5.92 Å². The molecule has 42 heavy (non-hydrogen) atoms. The summed E-state index contributed by atoms with van der Waals surface area (Å²) in [6.07, 6.45) is 6.61. The fourth-order valence-corrected chi connectivity index (χ4v) is 6.46. The van der Waals surface area contributed by atoms with E-state index < -0.39 is 6.04 Å². The molecule has 3 aromatic carbocycles. The summed E-state index contributed by atoms with van der Waals surface area (Å²) in [5, 5.41) is 17.6. The van der Waals surface area contributed by atoms with Gasteiger partial charge in [-0.05, 0) is 79.3 Å². The van der Waals surface area contributed by atoms with Crippen molar-refractivity contribution in [3.8, 4) is 22.3 Å². The van der Waals surface area contributed by atoms with E-state index in [1.165, 1.54) is 12.1 Å². The Morgan fingerprint density at radius 3 is 2.55 bits per heavy atom. The molecule has 2 unspecified atom stereocenters. The Hall–Kier alpha value is -4.10. The third kappa shape index (κ3) is 5.79. The van der Waals surface area contributed by atoms with Crippen LogP contribution in [0.2, 0.25) is 5.02 Å². The van der Waals surface area contributed by atoms with E-state index in [9.17, 15) is 14.4 Å². The van der Waals surface area contributed by atoms with E-state index in [0.29, 0.717) is 39.5 Å². The van der Waals surface area contributed by atoms with Crippen molar-refractivity contribution in [2.75, 3.05) is 24.1 Å². The largest absolute Gasteiger partial charge is 0.618 e. The first kappa shape index (κ1) is 28.0. The van der Waals surface area contributed by atoms with Crippen LogP contribution in [-0.2, 0) is 4.79 Å². The second-order valence-electron chi connectivity index (χ2n) is 11.3. The number of aromatic nitrogens is 1. The second kappa shape index (κ2) is 12.0. The number of nitrogens with one attached hydrogen (secondary N) is 1. The molecule has 6 nitrogen and oxygen atoms in total. The number of halogens is 2. The average Bonchev–Trinajstić information content (AvgIpc) is 3.53. The molecule has 3 N–H and O–H groups in total. The summed E-state index contributed by atoms with van der Waals surface area (Å²) in [6, 6.07) is 21.2. The van der Waals surface area contributed by atoms with Gasteiger partial charge in [-0.15, -0.1) is 0 Å². The highest BCUT2D eigenvalue weighted by Crippen LogP contribution is 2.37. The Balaban J connectivity index is 1.39. The van der Waals surface area contributed by atoms with Gasteiger partial charge in [0.1, 0.15) is 11.9 Å². The predicted octanol–water partition coefficient (Wildman–Crippen LogP) is 7.14. The highest BCUT2D eigenvalue weighted by molar-refractivity contribution is 6.31. The Labute approximate surface area is 250 Å². The fraction of sp³-hybridized carbons (Fsp3) is 0.294. The lowest BCUT2D eigenvalue weighted by atomic mass is 9.86. The van der Waals surface area contributed by atoms with Crippen LogP contribution >= 0.6 is 11.6 Å². The molecule has 1 amide bonds. The minimum atomic E-state index is -0.403. The first-order valence-corrected chi connectivity index (χ1v) is 15.0. The molecule has 216 valence electrons. The molecule has 2 bridgehead atoms. The number of hydrogen-bond donors (Lipinski definition) is 2. The number of amides is 1. The Bertz CT molecular complexity index is 1620. The highest BCUT2D eigenvalue weighted by atomic mass is 35.5. The molecular formula is C34H34ClFN4O2. The maximum atomic E-state index is 14.6. The molecule has 2 aliphatic rings. The molecule has 1 aromatic heterocycles. The van der Waals surface area contributed by atoms with Gasteiger partial charge in [-0.25, -0.2) is 4.39 Å². The lowest BCUT2D eigenvalue weighted by molar-refractivity contribution is -0.614. The van der Waals surface area contributed by atoms with Crippen LogP contribution < -0.4 is 15.8 Å². The summed E-state index contributed by atoms with van der Waals surface area (Å²) >= 11 is 6.20. The zero-order chi connectivity index (χ0) is 29.2. The quantitative estimate of drug-likeness (QED) is 0.152. The molecule has 1 fully saturated rings. The van der Waals surface area contributed by atoms with Crippen LogP contribution in [0.4, 0.5) is 15.8 Å². The molecule has 0 saturated carbocycles. The number of rotatable bonds is 3. The minimum Gasteiger partial charge on any atom is -0.618 e.